The van der Waals surface area contributed by atoms with Crippen LogP contribution in [0.1, 0.15) is 34.6 Å². The van der Waals surface area contributed by atoms with Gasteiger partial charge in [0.05, 0.1) is 11.1 Å². The molecule has 5 nitrogen and oxygen atoms in total. The quantitative estimate of drug-likeness (QED) is 0.809. The Hall–Kier alpha value is -1.88. The minimum Gasteiger partial charge on any atom is -0.478 e. The lowest BCUT2D eigenvalue weighted by molar-refractivity contribution is -0.114. The lowest BCUT2D eigenvalue weighted by atomic mass is 10.0. The van der Waals surface area contributed by atoms with Crippen LogP contribution in [-0.4, -0.2) is 28.3 Å². The molecule has 0 aromatic heterocycles. The molecule has 0 saturated carbocycles. The SMILES string of the molecule is CC(C)C(NC(=O)c1ccccc1C(=O)O)C(=O)Cl. The molecule has 0 aliphatic rings. The number of carbonyl (C=O) groups is 3. The number of aromatic carboxylic acids is 1. The molecule has 2 N–H and O–H groups in total. The number of halogens is 1. The highest BCUT2D eigenvalue weighted by atomic mass is 35.5. The van der Waals surface area contributed by atoms with Crippen molar-refractivity contribution in [1.29, 1.82) is 0 Å². The van der Waals surface area contributed by atoms with E-state index in [1.54, 1.807) is 19.9 Å². The van der Waals surface area contributed by atoms with E-state index in [4.69, 9.17) is 16.7 Å². The summed E-state index contributed by atoms with van der Waals surface area (Å²) in [5, 5.41) is 10.8. The van der Waals surface area contributed by atoms with E-state index in [0.717, 1.165) is 0 Å². The average molecular weight is 284 g/mol. The molecular weight excluding hydrogens is 270 g/mol. The van der Waals surface area contributed by atoms with Crippen LogP contribution in [0.15, 0.2) is 24.3 Å². The summed E-state index contributed by atoms with van der Waals surface area (Å²) in [6.45, 7) is 3.46. The van der Waals surface area contributed by atoms with Crippen molar-refractivity contribution in [2.75, 3.05) is 0 Å². The Morgan fingerprint density at radius 1 is 1.16 bits per heavy atom. The molecule has 0 spiro atoms. The average Bonchev–Trinajstić information content (AvgIpc) is 2.34. The second kappa shape index (κ2) is 6.33. The molecule has 1 amide bonds. The highest BCUT2D eigenvalue weighted by molar-refractivity contribution is 6.64. The van der Waals surface area contributed by atoms with E-state index in [-0.39, 0.29) is 17.0 Å². The smallest absolute Gasteiger partial charge is 0.336 e. The van der Waals surface area contributed by atoms with Crippen molar-refractivity contribution in [3.05, 3.63) is 35.4 Å². The Balaban J connectivity index is 3.01. The molecule has 1 aromatic rings. The molecule has 0 saturated heterocycles. The molecule has 6 heteroatoms. The third kappa shape index (κ3) is 3.79. The van der Waals surface area contributed by atoms with Gasteiger partial charge in [-0.1, -0.05) is 26.0 Å². The van der Waals surface area contributed by atoms with E-state index < -0.39 is 23.2 Å². The van der Waals surface area contributed by atoms with E-state index in [9.17, 15) is 14.4 Å². The fourth-order valence-electron chi connectivity index (χ4n) is 1.57. The molecule has 0 aliphatic heterocycles. The van der Waals surface area contributed by atoms with Gasteiger partial charge in [-0.05, 0) is 29.7 Å². The summed E-state index contributed by atoms with van der Waals surface area (Å²) < 4.78 is 0. The zero-order valence-electron chi connectivity index (χ0n) is 10.5. The summed E-state index contributed by atoms with van der Waals surface area (Å²) in [5.74, 6) is -2.03. The van der Waals surface area contributed by atoms with E-state index in [2.05, 4.69) is 5.32 Å². The van der Waals surface area contributed by atoms with Crippen molar-refractivity contribution < 1.29 is 19.5 Å². The fraction of sp³-hybridized carbons (Fsp3) is 0.308. The largest absolute Gasteiger partial charge is 0.478 e. The van der Waals surface area contributed by atoms with Crippen LogP contribution in [0, 0.1) is 5.92 Å². The van der Waals surface area contributed by atoms with Crippen LogP contribution in [0.2, 0.25) is 0 Å². The van der Waals surface area contributed by atoms with E-state index in [1.807, 2.05) is 0 Å². The Kier molecular flexibility index (Phi) is 5.06. The number of carboxylic acids is 1. The highest BCUT2D eigenvalue weighted by Crippen LogP contribution is 2.11. The molecule has 0 heterocycles. The monoisotopic (exact) mass is 283 g/mol. The predicted molar refractivity (Wildman–Crippen MR) is 70.4 cm³/mol. The fourth-order valence-corrected chi connectivity index (χ4v) is 1.88. The molecule has 1 atom stereocenters. The number of hydrogen-bond acceptors (Lipinski definition) is 3. The number of rotatable bonds is 5. The molecule has 19 heavy (non-hydrogen) atoms. The van der Waals surface area contributed by atoms with Gasteiger partial charge in [0.25, 0.3) is 5.91 Å². The molecule has 0 radical (unpaired) electrons. The van der Waals surface area contributed by atoms with Crippen molar-refractivity contribution in [3.63, 3.8) is 0 Å². The minimum absolute atomic E-state index is 0.00133. The summed E-state index contributed by atoms with van der Waals surface area (Å²) in [5.41, 5.74) is -0.122. The molecule has 0 bridgehead atoms. The van der Waals surface area contributed by atoms with Crippen LogP contribution in [-0.2, 0) is 4.79 Å². The second-order valence-electron chi connectivity index (χ2n) is 4.35. The molecule has 102 valence electrons. The zero-order valence-corrected chi connectivity index (χ0v) is 11.3. The van der Waals surface area contributed by atoms with Crippen LogP contribution < -0.4 is 5.32 Å². The number of carbonyl (C=O) groups excluding carboxylic acids is 2. The minimum atomic E-state index is -1.20. The van der Waals surface area contributed by atoms with Crippen LogP contribution >= 0.6 is 11.6 Å². The van der Waals surface area contributed by atoms with Gasteiger partial charge in [0.2, 0.25) is 5.24 Å². The first-order valence-electron chi connectivity index (χ1n) is 5.67. The van der Waals surface area contributed by atoms with Crippen molar-refractivity contribution in [2.45, 2.75) is 19.9 Å². The first-order chi connectivity index (χ1) is 8.84. The number of carboxylic acid groups (broad SMARTS) is 1. The normalized spacial score (nSPS) is 12.0. The van der Waals surface area contributed by atoms with Crippen molar-refractivity contribution in [2.24, 2.45) is 5.92 Å². The molecule has 0 aliphatic carbocycles. The van der Waals surface area contributed by atoms with Crippen LogP contribution in [0.4, 0.5) is 0 Å². The van der Waals surface area contributed by atoms with E-state index in [0.29, 0.717) is 0 Å². The third-order valence-corrected chi connectivity index (χ3v) is 2.83. The van der Waals surface area contributed by atoms with Gasteiger partial charge in [0, 0.05) is 0 Å². The number of amides is 1. The summed E-state index contributed by atoms with van der Waals surface area (Å²) in [6, 6.07) is 4.93. The van der Waals surface area contributed by atoms with Gasteiger partial charge >= 0.3 is 5.97 Å². The Morgan fingerprint density at radius 3 is 2.11 bits per heavy atom. The van der Waals surface area contributed by atoms with Crippen molar-refractivity contribution in [3.8, 4) is 0 Å². The second-order valence-corrected chi connectivity index (χ2v) is 4.72. The standard InChI is InChI=1S/C13H14ClNO4/c1-7(2)10(11(14)16)15-12(17)8-5-3-4-6-9(8)13(18)19/h3-7,10H,1-2H3,(H,15,17)(H,18,19). The third-order valence-electron chi connectivity index (χ3n) is 2.60. The number of hydrogen-bond donors (Lipinski definition) is 2. The first kappa shape index (κ1) is 15.2. The van der Waals surface area contributed by atoms with Gasteiger partial charge in [-0.15, -0.1) is 0 Å². The Bertz CT molecular complexity index is 513. The maximum Gasteiger partial charge on any atom is 0.336 e. The van der Waals surface area contributed by atoms with E-state index in [1.165, 1.54) is 18.2 Å². The lowest BCUT2D eigenvalue weighted by Crippen LogP contribution is -2.43. The lowest BCUT2D eigenvalue weighted by Gasteiger charge is -2.18. The zero-order chi connectivity index (χ0) is 14.6. The maximum atomic E-state index is 12.0. The van der Waals surface area contributed by atoms with Crippen molar-refractivity contribution in [1.82, 2.24) is 5.32 Å². The molecule has 0 fully saturated rings. The molecule has 1 aromatic carbocycles. The van der Waals surface area contributed by atoms with Gasteiger partial charge in [0.15, 0.2) is 0 Å². The number of nitrogens with one attached hydrogen (secondary N) is 1. The molecule has 1 unspecified atom stereocenters. The van der Waals surface area contributed by atoms with E-state index >= 15 is 0 Å². The highest BCUT2D eigenvalue weighted by Gasteiger charge is 2.24. The van der Waals surface area contributed by atoms with Gasteiger partial charge in [-0.2, -0.15) is 0 Å². The molecule has 1 rings (SSSR count). The van der Waals surface area contributed by atoms with Gasteiger partial charge < -0.3 is 10.4 Å². The van der Waals surface area contributed by atoms with Gasteiger partial charge in [0.1, 0.15) is 6.04 Å². The first-order valence-corrected chi connectivity index (χ1v) is 6.05. The van der Waals surface area contributed by atoms with Gasteiger partial charge in [-0.3, -0.25) is 9.59 Å². The summed E-state index contributed by atoms with van der Waals surface area (Å²) in [7, 11) is 0. The Morgan fingerprint density at radius 2 is 1.68 bits per heavy atom. The predicted octanol–water partition coefficient (Wildman–Crippen LogP) is 1.90. The Labute approximate surface area is 115 Å². The summed E-state index contributed by atoms with van der Waals surface area (Å²) in [6.07, 6.45) is 0. The van der Waals surface area contributed by atoms with Gasteiger partial charge in [-0.25, -0.2) is 4.79 Å². The number of benzene rings is 1. The summed E-state index contributed by atoms with van der Waals surface area (Å²) in [4.78, 5) is 34.2. The topological polar surface area (TPSA) is 83.5 Å². The van der Waals surface area contributed by atoms with Crippen LogP contribution in [0.5, 0.6) is 0 Å². The molecular formula is C13H14ClNO4. The summed E-state index contributed by atoms with van der Waals surface area (Å²) >= 11 is 5.40. The van der Waals surface area contributed by atoms with Crippen LogP contribution in [0.25, 0.3) is 0 Å². The van der Waals surface area contributed by atoms with Crippen molar-refractivity contribution >= 4 is 28.7 Å². The van der Waals surface area contributed by atoms with Crippen LogP contribution in [0.3, 0.4) is 0 Å². The maximum absolute atomic E-state index is 12.0.